The summed E-state index contributed by atoms with van der Waals surface area (Å²) in [7, 11) is 0. The summed E-state index contributed by atoms with van der Waals surface area (Å²) in [6.45, 7) is 4.00. The lowest BCUT2D eigenvalue weighted by Crippen LogP contribution is -2.28. The first kappa shape index (κ1) is 43.3. The third kappa shape index (κ3) is 34.2. The molecule has 0 unspecified atom stereocenters. The van der Waals surface area contributed by atoms with Gasteiger partial charge in [0.2, 0.25) is 0 Å². The van der Waals surface area contributed by atoms with Crippen molar-refractivity contribution in [1.82, 2.24) is 0 Å². The van der Waals surface area contributed by atoms with Crippen LogP contribution in [0.5, 0.6) is 0 Å². The Bertz CT molecular complexity index is 864. The van der Waals surface area contributed by atoms with Crippen molar-refractivity contribution >= 4 is 11.9 Å². The molecule has 1 atom stereocenters. The molecule has 0 bridgehead atoms. The fourth-order valence-electron chi connectivity index (χ4n) is 4.65. The van der Waals surface area contributed by atoms with Crippen molar-refractivity contribution < 1.29 is 24.2 Å². The normalized spacial score (nSPS) is 13.0. The maximum Gasteiger partial charge on any atom is 0.306 e. The highest BCUT2D eigenvalue weighted by Crippen LogP contribution is 2.10. The number of carbonyl (C=O) groups is 2. The van der Waals surface area contributed by atoms with E-state index in [-0.39, 0.29) is 25.6 Å². The lowest BCUT2D eigenvalue weighted by Gasteiger charge is -2.15. The van der Waals surface area contributed by atoms with Gasteiger partial charge in [0, 0.05) is 12.8 Å². The van der Waals surface area contributed by atoms with Crippen LogP contribution in [0.3, 0.4) is 0 Å². The summed E-state index contributed by atoms with van der Waals surface area (Å²) in [5, 5.41) is 9.52. The number of unbranched alkanes of at least 4 members (excludes halogenated alkanes) is 12. The molecule has 46 heavy (non-hydrogen) atoms. The van der Waals surface area contributed by atoms with Gasteiger partial charge in [-0.1, -0.05) is 138 Å². The highest BCUT2D eigenvalue weighted by molar-refractivity contribution is 5.70. The SMILES string of the molecule is CCCCC/C=C\C/C=C\C/C=C\C/C=C\C/C=C\CCC(=O)O[C@@H](CO)COC(=O)CCCCCCC/C=C\CCCCCC. The van der Waals surface area contributed by atoms with Crippen LogP contribution in [0.15, 0.2) is 72.9 Å². The Balaban J connectivity index is 3.75. The van der Waals surface area contributed by atoms with E-state index < -0.39 is 12.1 Å². The summed E-state index contributed by atoms with van der Waals surface area (Å²) in [4.78, 5) is 24.1. The maximum absolute atomic E-state index is 12.1. The number of esters is 2. The van der Waals surface area contributed by atoms with Crippen molar-refractivity contribution in [2.24, 2.45) is 0 Å². The Morgan fingerprint density at radius 2 is 0.913 bits per heavy atom. The van der Waals surface area contributed by atoms with E-state index in [2.05, 4.69) is 74.6 Å². The molecule has 0 saturated carbocycles. The van der Waals surface area contributed by atoms with E-state index in [1.807, 2.05) is 12.2 Å². The van der Waals surface area contributed by atoms with Gasteiger partial charge in [-0.2, -0.15) is 0 Å². The Morgan fingerprint density at radius 1 is 0.500 bits per heavy atom. The molecule has 262 valence electrons. The predicted molar refractivity (Wildman–Crippen MR) is 196 cm³/mol. The molecule has 0 heterocycles. The molecule has 0 aromatic heterocycles. The summed E-state index contributed by atoms with van der Waals surface area (Å²) in [5.74, 6) is -0.705. The standard InChI is InChI=1S/C41H68O5/c1-3-5-7-9-11-13-15-17-18-19-20-21-22-24-26-28-30-32-34-36-41(44)46-39(37-42)38-45-40(43)35-33-31-29-27-25-23-16-14-12-10-8-6-4-2/h11,13-14,16-18,20-21,24,26,30,32,39,42H,3-10,12,15,19,22-23,25,27-29,31,33-38H2,1-2H3/b13-11-,16-14-,18-17-,21-20-,26-24-,32-30-/t39-/m0/s1. The van der Waals surface area contributed by atoms with Crippen LogP contribution < -0.4 is 0 Å². The molecule has 0 aliphatic heterocycles. The molecule has 1 N–H and O–H groups in total. The molecule has 0 fully saturated rings. The molecule has 0 rings (SSSR count). The van der Waals surface area contributed by atoms with Gasteiger partial charge in [-0.3, -0.25) is 9.59 Å². The zero-order valence-electron chi connectivity index (χ0n) is 29.6. The maximum atomic E-state index is 12.1. The fraction of sp³-hybridized carbons (Fsp3) is 0.659. The molecule has 0 aliphatic rings. The van der Waals surface area contributed by atoms with Gasteiger partial charge < -0.3 is 14.6 Å². The van der Waals surface area contributed by atoms with E-state index >= 15 is 0 Å². The molecular formula is C41H68O5. The molecular weight excluding hydrogens is 572 g/mol. The zero-order valence-corrected chi connectivity index (χ0v) is 29.6. The van der Waals surface area contributed by atoms with E-state index in [1.54, 1.807) is 0 Å². The summed E-state index contributed by atoms with van der Waals surface area (Å²) < 4.78 is 10.5. The number of hydrogen-bond donors (Lipinski definition) is 1. The van der Waals surface area contributed by atoms with Gasteiger partial charge in [-0.15, -0.1) is 0 Å². The van der Waals surface area contributed by atoms with E-state index in [0.717, 1.165) is 51.4 Å². The first-order valence-electron chi connectivity index (χ1n) is 18.5. The lowest BCUT2D eigenvalue weighted by atomic mass is 10.1. The smallest absolute Gasteiger partial charge is 0.306 e. The second kappa shape index (κ2) is 36.8. The average Bonchev–Trinajstić information content (AvgIpc) is 3.06. The Kier molecular flexibility index (Phi) is 34.7. The van der Waals surface area contributed by atoms with Crippen molar-refractivity contribution in [2.45, 2.75) is 161 Å². The van der Waals surface area contributed by atoms with Crippen LogP contribution in [0.1, 0.15) is 155 Å². The molecule has 0 saturated heterocycles. The van der Waals surface area contributed by atoms with Crippen LogP contribution in [-0.2, 0) is 19.1 Å². The van der Waals surface area contributed by atoms with Crippen LogP contribution in [0, 0.1) is 0 Å². The predicted octanol–water partition coefficient (Wildman–Crippen LogP) is 11.4. The Hall–Kier alpha value is -2.66. The average molecular weight is 641 g/mol. The van der Waals surface area contributed by atoms with Crippen LogP contribution in [0.2, 0.25) is 0 Å². The number of ether oxygens (including phenoxy) is 2. The van der Waals surface area contributed by atoms with Gasteiger partial charge in [0.1, 0.15) is 6.61 Å². The third-order valence-electron chi connectivity index (χ3n) is 7.49. The van der Waals surface area contributed by atoms with Crippen molar-refractivity contribution in [1.29, 1.82) is 0 Å². The van der Waals surface area contributed by atoms with E-state index in [9.17, 15) is 14.7 Å². The van der Waals surface area contributed by atoms with Crippen LogP contribution in [-0.4, -0.2) is 36.4 Å². The highest BCUT2D eigenvalue weighted by Gasteiger charge is 2.15. The Morgan fingerprint density at radius 3 is 1.46 bits per heavy atom. The molecule has 5 heteroatoms. The molecule has 0 radical (unpaired) electrons. The molecule has 5 nitrogen and oxygen atoms in total. The third-order valence-corrected chi connectivity index (χ3v) is 7.49. The largest absolute Gasteiger partial charge is 0.462 e. The fourth-order valence-corrected chi connectivity index (χ4v) is 4.65. The topological polar surface area (TPSA) is 72.8 Å². The van der Waals surface area contributed by atoms with Crippen molar-refractivity contribution in [3.8, 4) is 0 Å². The number of rotatable bonds is 32. The number of allylic oxidation sites excluding steroid dienone is 12. The second-order valence-corrected chi connectivity index (χ2v) is 11.9. The molecule has 0 amide bonds. The van der Waals surface area contributed by atoms with Crippen molar-refractivity contribution in [2.75, 3.05) is 13.2 Å². The van der Waals surface area contributed by atoms with Gasteiger partial charge in [0.25, 0.3) is 0 Å². The van der Waals surface area contributed by atoms with Crippen LogP contribution in [0.25, 0.3) is 0 Å². The van der Waals surface area contributed by atoms with Crippen molar-refractivity contribution in [3.63, 3.8) is 0 Å². The second-order valence-electron chi connectivity index (χ2n) is 11.9. The number of aliphatic hydroxyl groups is 1. The van der Waals surface area contributed by atoms with Crippen LogP contribution >= 0.6 is 0 Å². The lowest BCUT2D eigenvalue weighted by molar-refractivity contribution is -0.161. The minimum absolute atomic E-state index is 0.103. The van der Waals surface area contributed by atoms with E-state index in [1.165, 1.54) is 70.6 Å². The van der Waals surface area contributed by atoms with E-state index in [4.69, 9.17) is 9.47 Å². The van der Waals surface area contributed by atoms with E-state index in [0.29, 0.717) is 12.8 Å². The van der Waals surface area contributed by atoms with Gasteiger partial charge in [-0.25, -0.2) is 0 Å². The number of carbonyl (C=O) groups excluding carboxylic acids is 2. The first-order chi connectivity index (χ1) is 22.6. The van der Waals surface area contributed by atoms with Crippen molar-refractivity contribution in [3.05, 3.63) is 72.9 Å². The minimum atomic E-state index is -0.816. The minimum Gasteiger partial charge on any atom is -0.462 e. The first-order valence-corrected chi connectivity index (χ1v) is 18.5. The molecule has 0 aromatic rings. The number of hydrogen-bond acceptors (Lipinski definition) is 5. The summed E-state index contributed by atoms with van der Waals surface area (Å²) in [6, 6.07) is 0. The summed E-state index contributed by atoms with van der Waals surface area (Å²) >= 11 is 0. The molecule has 0 aromatic carbocycles. The summed E-state index contributed by atoms with van der Waals surface area (Å²) in [5.41, 5.74) is 0. The molecule has 0 spiro atoms. The quantitative estimate of drug-likeness (QED) is 0.0450. The van der Waals surface area contributed by atoms with Gasteiger partial charge in [0.05, 0.1) is 6.61 Å². The number of aliphatic hydroxyl groups excluding tert-OH is 1. The van der Waals surface area contributed by atoms with Crippen LogP contribution in [0.4, 0.5) is 0 Å². The summed E-state index contributed by atoms with van der Waals surface area (Å²) in [6.07, 6.45) is 48.2. The Labute approximate surface area is 283 Å². The van der Waals surface area contributed by atoms with Gasteiger partial charge in [0.15, 0.2) is 6.10 Å². The van der Waals surface area contributed by atoms with Gasteiger partial charge >= 0.3 is 11.9 Å². The highest BCUT2D eigenvalue weighted by atomic mass is 16.6. The monoisotopic (exact) mass is 641 g/mol. The molecule has 0 aliphatic carbocycles. The van der Waals surface area contributed by atoms with Gasteiger partial charge in [-0.05, 0) is 77.0 Å². The zero-order chi connectivity index (χ0) is 33.6.